The molecule has 114 valence electrons. The molecule has 20 heavy (non-hydrogen) atoms. The number of aryl methyl sites for hydroxylation is 1. The SMILES string of the molecule is CCCNC(CC)c1cnn(CCCC2CCCO2)c1. The molecule has 1 aliphatic heterocycles. The standard InChI is InChI=1S/C16H29N3O/c1-3-9-17-16(4-2)14-12-18-19(13-14)10-5-7-15-8-6-11-20-15/h12-13,15-17H,3-11H2,1-2H3. The summed E-state index contributed by atoms with van der Waals surface area (Å²) < 4.78 is 7.74. The molecule has 0 aromatic carbocycles. The van der Waals surface area contributed by atoms with Crippen LogP contribution in [0.1, 0.15) is 64.0 Å². The second-order valence-corrected chi connectivity index (χ2v) is 5.73. The van der Waals surface area contributed by atoms with Gasteiger partial charge in [0.1, 0.15) is 0 Å². The number of ether oxygens (including phenoxy) is 1. The van der Waals surface area contributed by atoms with Crippen LogP contribution in [0.25, 0.3) is 0 Å². The smallest absolute Gasteiger partial charge is 0.0576 e. The summed E-state index contributed by atoms with van der Waals surface area (Å²) >= 11 is 0. The summed E-state index contributed by atoms with van der Waals surface area (Å²) in [7, 11) is 0. The Kier molecular flexibility index (Phi) is 6.54. The van der Waals surface area contributed by atoms with Gasteiger partial charge in [0.2, 0.25) is 0 Å². The minimum atomic E-state index is 0.446. The summed E-state index contributed by atoms with van der Waals surface area (Å²) in [5, 5.41) is 8.07. The molecule has 1 fully saturated rings. The van der Waals surface area contributed by atoms with Gasteiger partial charge in [-0.2, -0.15) is 5.10 Å². The largest absolute Gasteiger partial charge is 0.378 e. The Morgan fingerprint density at radius 1 is 1.50 bits per heavy atom. The van der Waals surface area contributed by atoms with E-state index in [1.165, 1.54) is 31.2 Å². The van der Waals surface area contributed by atoms with E-state index in [0.29, 0.717) is 12.1 Å². The molecule has 1 N–H and O–H groups in total. The van der Waals surface area contributed by atoms with E-state index in [1.54, 1.807) is 0 Å². The lowest BCUT2D eigenvalue weighted by molar-refractivity contribution is 0.101. The number of nitrogens with zero attached hydrogens (tertiary/aromatic N) is 2. The van der Waals surface area contributed by atoms with Crippen LogP contribution in [-0.2, 0) is 11.3 Å². The second-order valence-electron chi connectivity index (χ2n) is 5.73. The molecule has 2 rings (SSSR count). The number of rotatable bonds is 9. The highest BCUT2D eigenvalue weighted by Crippen LogP contribution is 2.18. The summed E-state index contributed by atoms with van der Waals surface area (Å²) in [6, 6.07) is 0.446. The molecule has 2 atom stereocenters. The van der Waals surface area contributed by atoms with Gasteiger partial charge < -0.3 is 10.1 Å². The molecule has 0 spiro atoms. The molecule has 2 unspecified atom stereocenters. The molecule has 4 heteroatoms. The Balaban J connectivity index is 1.75. The topological polar surface area (TPSA) is 39.1 Å². The Bertz CT molecular complexity index is 372. The normalized spacial score (nSPS) is 20.4. The van der Waals surface area contributed by atoms with Crippen molar-refractivity contribution in [2.24, 2.45) is 0 Å². The van der Waals surface area contributed by atoms with Crippen LogP contribution in [0.5, 0.6) is 0 Å². The number of hydrogen-bond donors (Lipinski definition) is 1. The highest BCUT2D eigenvalue weighted by atomic mass is 16.5. The van der Waals surface area contributed by atoms with Crippen molar-refractivity contribution in [3.8, 4) is 0 Å². The molecule has 1 aromatic heterocycles. The van der Waals surface area contributed by atoms with Crippen LogP contribution in [0.3, 0.4) is 0 Å². The summed E-state index contributed by atoms with van der Waals surface area (Å²) in [4.78, 5) is 0. The van der Waals surface area contributed by atoms with E-state index in [1.807, 2.05) is 6.20 Å². The Labute approximate surface area is 122 Å². The van der Waals surface area contributed by atoms with Crippen LogP contribution in [0.4, 0.5) is 0 Å². The van der Waals surface area contributed by atoms with Gasteiger partial charge >= 0.3 is 0 Å². The number of nitrogens with one attached hydrogen (secondary N) is 1. The first-order valence-electron chi connectivity index (χ1n) is 8.20. The highest BCUT2D eigenvalue weighted by molar-refractivity contribution is 5.10. The van der Waals surface area contributed by atoms with Crippen LogP contribution in [-0.4, -0.2) is 29.0 Å². The van der Waals surface area contributed by atoms with Gasteiger partial charge in [-0.1, -0.05) is 13.8 Å². The first-order valence-corrected chi connectivity index (χ1v) is 8.20. The van der Waals surface area contributed by atoms with Gasteiger partial charge in [-0.3, -0.25) is 4.68 Å². The molecule has 0 radical (unpaired) electrons. The van der Waals surface area contributed by atoms with Gasteiger partial charge in [-0.05, 0) is 45.1 Å². The number of aromatic nitrogens is 2. The van der Waals surface area contributed by atoms with Gasteiger partial charge in [-0.15, -0.1) is 0 Å². The fraction of sp³-hybridized carbons (Fsp3) is 0.812. The molecule has 1 aromatic rings. The van der Waals surface area contributed by atoms with Crippen LogP contribution in [0.2, 0.25) is 0 Å². The molecular formula is C16H29N3O. The quantitative estimate of drug-likeness (QED) is 0.754. The predicted octanol–water partition coefficient (Wildman–Crippen LogP) is 3.29. The van der Waals surface area contributed by atoms with E-state index in [0.717, 1.165) is 32.5 Å². The monoisotopic (exact) mass is 279 g/mol. The zero-order valence-corrected chi connectivity index (χ0v) is 13.0. The van der Waals surface area contributed by atoms with Crippen LogP contribution in [0, 0.1) is 0 Å². The summed E-state index contributed by atoms with van der Waals surface area (Å²) in [5.74, 6) is 0. The van der Waals surface area contributed by atoms with Gasteiger partial charge in [0.25, 0.3) is 0 Å². The molecule has 0 aliphatic carbocycles. The molecule has 0 bridgehead atoms. The third-order valence-electron chi connectivity index (χ3n) is 4.04. The van der Waals surface area contributed by atoms with E-state index in [4.69, 9.17) is 4.74 Å². The Morgan fingerprint density at radius 2 is 2.40 bits per heavy atom. The lowest BCUT2D eigenvalue weighted by Gasteiger charge is -2.14. The van der Waals surface area contributed by atoms with Crippen molar-refractivity contribution >= 4 is 0 Å². The summed E-state index contributed by atoms with van der Waals surface area (Å²) in [5.41, 5.74) is 1.32. The molecule has 1 saturated heterocycles. The van der Waals surface area contributed by atoms with E-state index >= 15 is 0 Å². The minimum absolute atomic E-state index is 0.446. The lowest BCUT2D eigenvalue weighted by Crippen LogP contribution is -2.21. The van der Waals surface area contributed by atoms with Gasteiger partial charge in [0, 0.05) is 31.0 Å². The van der Waals surface area contributed by atoms with Crippen LogP contribution in [0.15, 0.2) is 12.4 Å². The Morgan fingerprint density at radius 3 is 3.10 bits per heavy atom. The van der Waals surface area contributed by atoms with Crippen molar-refractivity contribution < 1.29 is 4.74 Å². The molecule has 1 aliphatic rings. The zero-order chi connectivity index (χ0) is 14.2. The first kappa shape index (κ1) is 15.5. The molecule has 2 heterocycles. The van der Waals surface area contributed by atoms with Crippen LogP contribution >= 0.6 is 0 Å². The van der Waals surface area contributed by atoms with E-state index < -0.39 is 0 Å². The molecule has 0 saturated carbocycles. The second kappa shape index (κ2) is 8.42. The predicted molar refractivity (Wildman–Crippen MR) is 81.8 cm³/mol. The molecule has 0 amide bonds. The number of hydrogen-bond acceptors (Lipinski definition) is 3. The van der Waals surface area contributed by atoms with Crippen molar-refractivity contribution in [3.63, 3.8) is 0 Å². The van der Waals surface area contributed by atoms with E-state index in [9.17, 15) is 0 Å². The van der Waals surface area contributed by atoms with E-state index in [2.05, 4.69) is 35.1 Å². The van der Waals surface area contributed by atoms with Gasteiger partial charge in [-0.25, -0.2) is 0 Å². The summed E-state index contributed by atoms with van der Waals surface area (Å²) in [6.45, 7) is 7.46. The van der Waals surface area contributed by atoms with Crippen molar-refractivity contribution in [3.05, 3.63) is 18.0 Å². The van der Waals surface area contributed by atoms with Crippen molar-refractivity contribution in [1.29, 1.82) is 0 Å². The average molecular weight is 279 g/mol. The third-order valence-corrected chi connectivity index (χ3v) is 4.04. The lowest BCUT2D eigenvalue weighted by atomic mass is 10.1. The van der Waals surface area contributed by atoms with Crippen molar-refractivity contribution in [2.45, 2.75) is 71.1 Å². The maximum atomic E-state index is 5.66. The third kappa shape index (κ3) is 4.60. The molecule has 4 nitrogen and oxygen atoms in total. The highest BCUT2D eigenvalue weighted by Gasteiger charge is 2.15. The van der Waals surface area contributed by atoms with Gasteiger partial charge in [0.15, 0.2) is 0 Å². The minimum Gasteiger partial charge on any atom is -0.378 e. The summed E-state index contributed by atoms with van der Waals surface area (Å²) in [6.07, 6.45) is 11.8. The van der Waals surface area contributed by atoms with Gasteiger partial charge in [0.05, 0.1) is 12.3 Å². The van der Waals surface area contributed by atoms with Crippen molar-refractivity contribution in [1.82, 2.24) is 15.1 Å². The zero-order valence-electron chi connectivity index (χ0n) is 13.0. The van der Waals surface area contributed by atoms with Crippen molar-refractivity contribution in [2.75, 3.05) is 13.2 Å². The maximum absolute atomic E-state index is 5.66. The average Bonchev–Trinajstić information content (AvgIpc) is 3.12. The Hall–Kier alpha value is -0.870. The molecular weight excluding hydrogens is 250 g/mol. The maximum Gasteiger partial charge on any atom is 0.0576 e. The first-order chi connectivity index (χ1) is 9.83. The van der Waals surface area contributed by atoms with E-state index in [-0.39, 0.29) is 0 Å². The fourth-order valence-corrected chi connectivity index (χ4v) is 2.85. The fourth-order valence-electron chi connectivity index (χ4n) is 2.85. The van der Waals surface area contributed by atoms with Crippen LogP contribution < -0.4 is 5.32 Å².